The zero-order valence-corrected chi connectivity index (χ0v) is 21.6. The van der Waals surface area contributed by atoms with Gasteiger partial charge in [-0.05, 0) is 55.8 Å². The molecule has 0 saturated carbocycles. The zero-order valence-electron chi connectivity index (χ0n) is 19.3. The molecule has 0 atom stereocenters. The van der Waals surface area contributed by atoms with Gasteiger partial charge < -0.3 is 9.47 Å². The first kappa shape index (κ1) is 25.3. The third kappa shape index (κ3) is 5.55. The van der Waals surface area contributed by atoms with Crippen LogP contribution in [0.5, 0.6) is 11.5 Å². The number of hydrogen-bond acceptors (Lipinski definition) is 7. The van der Waals surface area contributed by atoms with E-state index in [9.17, 15) is 14.9 Å². The average Bonchev–Trinajstić information content (AvgIpc) is 2.84. The highest BCUT2D eigenvalue weighted by molar-refractivity contribution is 9.10. The van der Waals surface area contributed by atoms with Gasteiger partial charge in [-0.3, -0.25) is 14.9 Å². The maximum atomic E-state index is 13.0. The molecule has 0 aliphatic carbocycles. The molecule has 4 rings (SSSR count). The van der Waals surface area contributed by atoms with E-state index in [2.05, 4.69) is 26.0 Å². The van der Waals surface area contributed by atoms with Crippen molar-refractivity contribution in [3.63, 3.8) is 0 Å². The van der Waals surface area contributed by atoms with Crippen molar-refractivity contribution in [3.8, 4) is 11.5 Å². The highest BCUT2D eigenvalue weighted by Crippen LogP contribution is 2.39. The normalized spacial score (nSPS) is 11.2. The van der Waals surface area contributed by atoms with Gasteiger partial charge in [-0.2, -0.15) is 9.78 Å². The predicted molar refractivity (Wildman–Crippen MR) is 141 cm³/mol. The topological polar surface area (TPSA) is 109 Å². The maximum Gasteiger partial charge on any atom is 0.315 e. The number of nitrogens with zero attached hydrogens (tertiary/aromatic N) is 4. The predicted octanol–water partition coefficient (Wildman–Crippen LogP) is 5.89. The summed E-state index contributed by atoms with van der Waals surface area (Å²) in [6.07, 6.45) is 1.35. The number of nitro benzene ring substituents is 1. The first-order chi connectivity index (χ1) is 17.3. The molecule has 1 aromatic heterocycles. The molecule has 0 bridgehead atoms. The molecule has 184 valence electrons. The Morgan fingerprint density at radius 3 is 2.61 bits per heavy atom. The molecular formula is C25H20BrClN4O5. The number of nitro groups is 1. The smallest absolute Gasteiger partial charge is 0.315 e. The van der Waals surface area contributed by atoms with Crippen LogP contribution < -0.4 is 15.0 Å². The van der Waals surface area contributed by atoms with Crippen molar-refractivity contribution in [2.45, 2.75) is 20.5 Å². The average molecular weight is 572 g/mol. The van der Waals surface area contributed by atoms with E-state index in [1.807, 2.05) is 0 Å². The van der Waals surface area contributed by atoms with E-state index in [0.717, 1.165) is 14.7 Å². The van der Waals surface area contributed by atoms with E-state index >= 15 is 0 Å². The van der Waals surface area contributed by atoms with E-state index in [-0.39, 0.29) is 36.0 Å². The van der Waals surface area contributed by atoms with Crippen LogP contribution in [0.3, 0.4) is 0 Å². The second-order valence-corrected chi connectivity index (χ2v) is 9.01. The second-order valence-electron chi connectivity index (χ2n) is 7.65. The lowest BCUT2D eigenvalue weighted by Crippen LogP contribution is -2.20. The minimum absolute atomic E-state index is 0.000445. The van der Waals surface area contributed by atoms with E-state index in [4.69, 9.17) is 21.1 Å². The van der Waals surface area contributed by atoms with Crippen molar-refractivity contribution in [1.29, 1.82) is 0 Å². The monoisotopic (exact) mass is 570 g/mol. The maximum absolute atomic E-state index is 13.0. The highest BCUT2D eigenvalue weighted by atomic mass is 79.9. The number of benzene rings is 3. The van der Waals surface area contributed by atoms with Crippen molar-refractivity contribution in [1.82, 2.24) is 9.66 Å². The Morgan fingerprint density at radius 1 is 1.17 bits per heavy atom. The lowest BCUT2D eigenvalue weighted by atomic mass is 10.1. The van der Waals surface area contributed by atoms with Crippen LogP contribution in [0.1, 0.15) is 23.9 Å². The fourth-order valence-electron chi connectivity index (χ4n) is 3.48. The molecule has 0 saturated heterocycles. The van der Waals surface area contributed by atoms with E-state index in [0.29, 0.717) is 27.3 Å². The third-order valence-electron chi connectivity index (χ3n) is 5.14. The minimum Gasteiger partial charge on any atom is -0.490 e. The Hall–Kier alpha value is -3.76. The number of aromatic nitrogens is 2. The van der Waals surface area contributed by atoms with Crippen LogP contribution in [-0.4, -0.2) is 27.4 Å². The zero-order chi connectivity index (χ0) is 25.8. The summed E-state index contributed by atoms with van der Waals surface area (Å²) < 4.78 is 13.3. The largest absolute Gasteiger partial charge is 0.490 e. The first-order valence-electron chi connectivity index (χ1n) is 10.8. The number of hydrogen-bond donors (Lipinski definition) is 0. The summed E-state index contributed by atoms with van der Waals surface area (Å²) in [4.78, 5) is 28.7. The van der Waals surface area contributed by atoms with E-state index in [1.165, 1.54) is 12.3 Å². The van der Waals surface area contributed by atoms with Crippen LogP contribution in [-0.2, 0) is 6.61 Å². The Kier molecular flexibility index (Phi) is 7.66. The Balaban J connectivity index is 1.72. The van der Waals surface area contributed by atoms with Crippen molar-refractivity contribution in [2.75, 3.05) is 6.61 Å². The van der Waals surface area contributed by atoms with Gasteiger partial charge >= 0.3 is 5.69 Å². The molecule has 11 heteroatoms. The summed E-state index contributed by atoms with van der Waals surface area (Å²) in [6, 6.07) is 15.1. The fraction of sp³-hybridized carbons (Fsp3) is 0.160. The molecule has 4 aromatic rings. The lowest BCUT2D eigenvalue weighted by molar-refractivity contribution is -0.386. The second kappa shape index (κ2) is 10.9. The molecule has 0 aliphatic heterocycles. The van der Waals surface area contributed by atoms with Crippen molar-refractivity contribution >= 4 is 50.3 Å². The molecule has 0 N–H and O–H groups in total. The number of halogens is 2. The van der Waals surface area contributed by atoms with Crippen molar-refractivity contribution < 1.29 is 14.4 Å². The van der Waals surface area contributed by atoms with Crippen LogP contribution in [0.15, 0.2) is 69.0 Å². The third-order valence-corrected chi connectivity index (χ3v) is 5.89. The molecule has 0 aliphatic rings. The number of rotatable bonds is 8. The summed E-state index contributed by atoms with van der Waals surface area (Å²) in [5, 5.41) is 17.1. The van der Waals surface area contributed by atoms with Gasteiger partial charge in [-0.1, -0.05) is 39.7 Å². The lowest BCUT2D eigenvalue weighted by Gasteiger charge is -2.13. The summed E-state index contributed by atoms with van der Waals surface area (Å²) in [5.74, 6) is 0.555. The highest BCUT2D eigenvalue weighted by Gasteiger charge is 2.23. The van der Waals surface area contributed by atoms with Crippen LogP contribution in [0.2, 0.25) is 5.02 Å². The molecule has 1 heterocycles. The summed E-state index contributed by atoms with van der Waals surface area (Å²) >= 11 is 9.28. The molecule has 0 amide bonds. The van der Waals surface area contributed by atoms with Crippen molar-refractivity contribution in [2.24, 2.45) is 5.10 Å². The van der Waals surface area contributed by atoms with Gasteiger partial charge in [-0.15, -0.1) is 0 Å². The van der Waals surface area contributed by atoms with Gasteiger partial charge in [0.25, 0.3) is 5.56 Å². The van der Waals surface area contributed by atoms with Crippen LogP contribution in [0.25, 0.3) is 10.9 Å². The molecule has 0 unspecified atom stereocenters. The summed E-state index contributed by atoms with van der Waals surface area (Å²) in [6.45, 7) is 3.76. The van der Waals surface area contributed by atoms with Crippen LogP contribution in [0.4, 0.5) is 5.69 Å². The van der Waals surface area contributed by atoms with Crippen LogP contribution in [0, 0.1) is 17.0 Å². The molecular weight excluding hydrogens is 552 g/mol. The Bertz CT molecular complexity index is 1540. The quantitative estimate of drug-likeness (QED) is 0.148. The number of aryl methyl sites for hydroxylation is 1. The minimum atomic E-state index is -0.552. The molecule has 36 heavy (non-hydrogen) atoms. The first-order valence-corrected chi connectivity index (χ1v) is 12.0. The number of fused-ring (bicyclic) bond motifs is 1. The summed E-state index contributed by atoms with van der Waals surface area (Å²) in [7, 11) is 0. The SMILES string of the molecule is CCOc1cc(C=Nn2c(C)nc3ccc(Br)cc3c2=O)cc([N+](=O)[O-])c1OCc1ccc(Cl)cc1. The van der Waals surface area contributed by atoms with E-state index in [1.54, 1.807) is 62.4 Å². The van der Waals surface area contributed by atoms with Gasteiger partial charge in [-0.25, -0.2) is 4.98 Å². The van der Waals surface area contributed by atoms with Gasteiger partial charge in [0.1, 0.15) is 12.4 Å². The molecule has 0 fully saturated rings. The molecule has 0 spiro atoms. The number of ether oxygens (including phenoxy) is 2. The van der Waals surface area contributed by atoms with Gasteiger partial charge in [0.05, 0.1) is 28.6 Å². The molecule has 9 nitrogen and oxygen atoms in total. The van der Waals surface area contributed by atoms with Gasteiger partial charge in [0.2, 0.25) is 5.75 Å². The van der Waals surface area contributed by atoms with Crippen molar-refractivity contribution in [3.05, 3.63) is 102 Å². The molecule has 0 radical (unpaired) electrons. The Morgan fingerprint density at radius 2 is 1.92 bits per heavy atom. The fourth-order valence-corrected chi connectivity index (χ4v) is 3.97. The van der Waals surface area contributed by atoms with E-state index < -0.39 is 4.92 Å². The Labute approximate surface area is 219 Å². The van der Waals surface area contributed by atoms with Gasteiger partial charge in [0, 0.05) is 21.1 Å². The standard InChI is InChI=1S/C25H20BrClN4O5/c1-3-35-23-11-17(10-22(31(33)34)24(23)36-14-16-4-7-19(27)8-5-16)13-28-30-15(2)29-21-9-6-18(26)12-20(21)25(30)32/h4-13H,3,14H2,1-2H3. The summed E-state index contributed by atoms with van der Waals surface area (Å²) in [5.41, 5.74) is 1.03. The molecule has 3 aromatic carbocycles. The van der Waals surface area contributed by atoms with Crippen LogP contribution >= 0.6 is 27.5 Å². The van der Waals surface area contributed by atoms with Gasteiger partial charge in [0.15, 0.2) is 5.75 Å².